The fourth-order valence-corrected chi connectivity index (χ4v) is 3.12. The van der Waals surface area contributed by atoms with E-state index in [1.807, 2.05) is 0 Å². The minimum absolute atomic E-state index is 0.195. The minimum Gasteiger partial charge on any atom is -0.399 e. The van der Waals surface area contributed by atoms with E-state index in [0.717, 1.165) is 12.8 Å². The van der Waals surface area contributed by atoms with Crippen molar-refractivity contribution in [2.45, 2.75) is 84.5 Å². The van der Waals surface area contributed by atoms with Crippen molar-refractivity contribution in [3.05, 3.63) is 29.8 Å². The van der Waals surface area contributed by atoms with Gasteiger partial charge in [-0.15, -0.1) is 0 Å². The van der Waals surface area contributed by atoms with Gasteiger partial charge in [0, 0.05) is 24.7 Å². The average molecular weight is 361 g/mol. The Hall–Kier alpha value is -1.84. The molecule has 0 saturated heterocycles. The van der Waals surface area contributed by atoms with Gasteiger partial charge in [0.15, 0.2) is 0 Å². The molecule has 2 N–H and O–H groups in total. The summed E-state index contributed by atoms with van der Waals surface area (Å²) in [5.41, 5.74) is 6.77. The summed E-state index contributed by atoms with van der Waals surface area (Å²) in [6, 6.07) is 6.73. The van der Waals surface area contributed by atoms with E-state index in [-0.39, 0.29) is 11.8 Å². The average Bonchev–Trinajstić information content (AvgIpc) is 2.62. The number of benzene rings is 1. The smallest absolute Gasteiger partial charge is 0.260 e. The Bertz CT molecular complexity index is 525. The lowest BCUT2D eigenvalue weighted by molar-refractivity contribution is -0.126. The number of carbonyl (C=O) groups is 2. The largest absolute Gasteiger partial charge is 0.399 e. The van der Waals surface area contributed by atoms with E-state index >= 15 is 0 Å². The number of carbonyl (C=O) groups excluding carboxylic acids is 2. The fourth-order valence-electron chi connectivity index (χ4n) is 3.12. The predicted octanol–water partition coefficient (Wildman–Crippen LogP) is 5.57. The molecule has 0 unspecified atom stereocenters. The van der Waals surface area contributed by atoms with Crippen LogP contribution in [0.1, 0.15) is 94.8 Å². The van der Waals surface area contributed by atoms with E-state index in [4.69, 9.17) is 5.73 Å². The SMILES string of the molecule is CCCCCCCCCCCCCN(C(C)=O)C(=O)c1ccc(N)cc1. The first-order valence-corrected chi connectivity index (χ1v) is 10.2. The first-order chi connectivity index (χ1) is 12.6. The highest BCUT2D eigenvalue weighted by Gasteiger charge is 2.18. The van der Waals surface area contributed by atoms with Crippen LogP contribution in [0, 0.1) is 0 Å². The van der Waals surface area contributed by atoms with Gasteiger partial charge in [-0.2, -0.15) is 0 Å². The second kappa shape index (κ2) is 13.4. The van der Waals surface area contributed by atoms with Gasteiger partial charge >= 0.3 is 0 Å². The van der Waals surface area contributed by atoms with E-state index in [1.54, 1.807) is 24.3 Å². The van der Waals surface area contributed by atoms with Gasteiger partial charge in [0.1, 0.15) is 0 Å². The van der Waals surface area contributed by atoms with Crippen molar-refractivity contribution in [3.63, 3.8) is 0 Å². The summed E-state index contributed by atoms with van der Waals surface area (Å²) in [6.45, 7) is 4.19. The van der Waals surface area contributed by atoms with Gasteiger partial charge in [-0.05, 0) is 30.7 Å². The number of unbranched alkanes of at least 4 members (excludes halogenated alkanes) is 10. The third-order valence-corrected chi connectivity index (χ3v) is 4.77. The van der Waals surface area contributed by atoms with Gasteiger partial charge in [-0.3, -0.25) is 14.5 Å². The molecule has 1 rings (SSSR count). The number of nitrogen functional groups attached to an aromatic ring is 1. The number of amides is 2. The van der Waals surface area contributed by atoms with Crippen LogP contribution < -0.4 is 5.73 Å². The molecule has 0 aliphatic heterocycles. The molecule has 4 heteroatoms. The highest BCUT2D eigenvalue weighted by molar-refractivity contribution is 6.04. The normalized spacial score (nSPS) is 10.7. The van der Waals surface area contributed by atoms with Crippen LogP contribution in [-0.2, 0) is 4.79 Å². The Morgan fingerprint density at radius 2 is 1.27 bits per heavy atom. The van der Waals surface area contributed by atoms with Crippen molar-refractivity contribution in [3.8, 4) is 0 Å². The molecule has 1 aromatic carbocycles. The molecule has 0 saturated carbocycles. The molecule has 4 nitrogen and oxygen atoms in total. The van der Waals surface area contributed by atoms with Crippen molar-refractivity contribution < 1.29 is 9.59 Å². The molecule has 0 heterocycles. The molecular formula is C22H36N2O2. The van der Waals surface area contributed by atoms with Gasteiger partial charge < -0.3 is 5.73 Å². The maximum atomic E-state index is 12.5. The molecule has 1 aromatic rings. The van der Waals surface area contributed by atoms with Gasteiger partial charge in [-0.1, -0.05) is 71.1 Å². The van der Waals surface area contributed by atoms with Crippen LogP contribution in [0.2, 0.25) is 0 Å². The Kier molecular flexibility index (Phi) is 11.4. The van der Waals surface area contributed by atoms with Crippen molar-refractivity contribution in [1.29, 1.82) is 0 Å². The van der Waals surface area contributed by atoms with Crippen molar-refractivity contribution >= 4 is 17.5 Å². The number of nitrogens with zero attached hydrogens (tertiary/aromatic N) is 1. The molecule has 2 amide bonds. The third kappa shape index (κ3) is 9.02. The van der Waals surface area contributed by atoms with Crippen LogP contribution in [0.4, 0.5) is 5.69 Å². The van der Waals surface area contributed by atoms with Crippen LogP contribution in [0.15, 0.2) is 24.3 Å². The highest BCUT2D eigenvalue weighted by atomic mass is 16.2. The Morgan fingerprint density at radius 1 is 0.808 bits per heavy atom. The highest BCUT2D eigenvalue weighted by Crippen LogP contribution is 2.13. The summed E-state index contributed by atoms with van der Waals surface area (Å²) >= 11 is 0. The molecule has 0 aliphatic carbocycles. The van der Waals surface area contributed by atoms with Crippen molar-refractivity contribution in [2.24, 2.45) is 0 Å². The summed E-state index contributed by atoms with van der Waals surface area (Å²) in [7, 11) is 0. The zero-order valence-electron chi connectivity index (χ0n) is 16.6. The molecular weight excluding hydrogens is 324 g/mol. The molecule has 0 radical (unpaired) electrons. The lowest BCUT2D eigenvalue weighted by Crippen LogP contribution is -2.36. The fraction of sp³-hybridized carbons (Fsp3) is 0.636. The maximum absolute atomic E-state index is 12.5. The summed E-state index contributed by atoms with van der Waals surface area (Å²) < 4.78 is 0. The Labute approximate surface area is 159 Å². The van der Waals surface area contributed by atoms with E-state index in [2.05, 4.69) is 6.92 Å². The summed E-state index contributed by atoms with van der Waals surface area (Å²) in [5.74, 6) is -0.427. The van der Waals surface area contributed by atoms with E-state index < -0.39 is 0 Å². The maximum Gasteiger partial charge on any atom is 0.260 e. The number of rotatable bonds is 13. The number of hydrogen-bond acceptors (Lipinski definition) is 3. The summed E-state index contributed by atoms with van der Waals surface area (Å²) in [6.07, 6.45) is 13.8. The quantitative estimate of drug-likeness (QED) is 0.369. The molecule has 0 spiro atoms. The molecule has 0 atom stereocenters. The summed E-state index contributed by atoms with van der Waals surface area (Å²) in [5, 5.41) is 0. The lowest BCUT2D eigenvalue weighted by Gasteiger charge is -2.19. The summed E-state index contributed by atoms with van der Waals surface area (Å²) in [4.78, 5) is 25.6. The number of anilines is 1. The van der Waals surface area contributed by atoms with Gasteiger partial charge in [0.25, 0.3) is 5.91 Å². The minimum atomic E-state index is -0.232. The predicted molar refractivity (Wildman–Crippen MR) is 109 cm³/mol. The molecule has 0 aromatic heterocycles. The van der Waals surface area contributed by atoms with Crippen molar-refractivity contribution in [1.82, 2.24) is 4.90 Å². The second-order valence-electron chi connectivity index (χ2n) is 7.13. The monoisotopic (exact) mass is 360 g/mol. The number of imide groups is 1. The molecule has 0 bridgehead atoms. The van der Waals surface area contributed by atoms with Crippen molar-refractivity contribution in [2.75, 3.05) is 12.3 Å². The first-order valence-electron chi connectivity index (χ1n) is 10.2. The molecule has 0 aliphatic rings. The molecule has 0 fully saturated rings. The van der Waals surface area contributed by atoms with Gasteiger partial charge in [0.2, 0.25) is 5.91 Å². The number of hydrogen-bond donors (Lipinski definition) is 1. The third-order valence-electron chi connectivity index (χ3n) is 4.77. The van der Waals surface area contributed by atoms with Crippen LogP contribution in [-0.4, -0.2) is 23.3 Å². The first kappa shape index (κ1) is 22.2. The number of nitrogens with two attached hydrogens (primary N) is 1. The van der Waals surface area contributed by atoms with E-state index in [9.17, 15) is 9.59 Å². The lowest BCUT2D eigenvalue weighted by atomic mass is 10.1. The molecule has 26 heavy (non-hydrogen) atoms. The molecule has 146 valence electrons. The van der Waals surface area contributed by atoms with Crippen LogP contribution in [0.3, 0.4) is 0 Å². The van der Waals surface area contributed by atoms with Gasteiger partial charge in [-0.25, -0.2) is 0 Å². The standard InChI is InChI=1S/C22H36N2O2/c1-3-4-5-6-7-8-9-10-11-12-13-18-24(19(2)25)22(26)20-14-16-21(23)17-15-20/h14-17H,3-13,18,23H2,1-2H3. The zero-order valence-corrected chi connectivity index (χ0v) is 16.6. The van der Waals surface area contributed by atoms with E-state index in [1.165, 1.54) is 69.6 Å². The Morgan fingerprint density at radius 3 is 1.73 bits per heavy atom. The Balaban J connectivity index is 2.19. The zero-order chi connectivity index (χ0) is 19.2. The topological polar surface area (TPSA) is 63.4 Å². The van der Waals surface area contributed by atoms with Crippen LogP contribution in [0.5, 0.6) is 0 Å². The van der Waals surface area contributed by atoms with Crippen LogP contribution >= 0.6 is 0 Å². The van der Waals surface area contributed by atoms with E-state index in [0.29, 0.717) is 17.8 Å². The second-order valence-corrected chi connectivity index (χ2v) is 7.13. The van der Waals surface area contributed by atoms with Crippen LogP contribution in [0.25, 0.3) is 0 Å². The van der Waals surface area contributed by atoms with Gasteiger partial charge in [0.05, 0.1) is 0 Å².